The Morgan fingerprint density at radius 3 is 2.39 bits per heavy atom. The Kier molecular flexibility index (Phi) is 4.75. The van der Waals surface area contributed by atoms with E-state index in [4.69, 9.17) is 5.14 Å². The smallest absolute Gasteiger partial charge is 0.225 e. The summed E-state index contributed by atoms with van der Waals surface area (Å²) in [4.78, 5) is -0.0178. The Hall–Kier alpha value is -1.08. The maximum atomic E-state index is 11.9. The number of unbranched alkanes of at least 4 members (excludes halogenated alkanes) is 1. The van der Waals surface area contributed by atoms with Gasteiger partial charge in [-0.3, -0.25) is 0 Å². The van der Waals surface area contributed by atoms with E-state index in [0.717, 1.165) is 0 Å². The number of nitrogens with two attached hydrogens (primary N) is 1. The van der Waals surface area contributed by atoms with Gasteiger partial charge >= 0.3 is 6.18 Å². The lowest BCUT2D eigenvalue weighted by Gasteiger charge is -2.06. The first-order valence-corrected chi connectivity index (χ1v) is 6.91. The lowest BCUT2D eigenvalue weighted by atomic mass is 10.1. The van der Waals surface area contributed by atoms with Gasteiger partial charge in [0.1, 0.15) is 0 Å². The van der Waals surface area contributed by atoms with E-state index in [1.807, 2.05) is 0 Å². The molecule has 18 heavy (non-hydrogen) atoms. The van der Waals surface area contributed by atoms with Gasteiger partial charge in [-0.05, 0) is 37.0 Å². The molecular weight excluding hydrogens is 267 g/mol. The SMILES string of the molecule is NS(=O)(=O)c1cccc(CCCCC(F)(F)F)c1. The summed E-state index contributed by atoms with van der Waals surface area (Å²) in [7, 11) is -3.76. The molecule has 102 valence electrons. The van der Waals surface area contributed by atoms with Crippen LogP contribution in [0.1, 0.15) is 24.8 Å². The number of hydrogen-bond acceptors (Lipinski definition) is 2. The highest BCUT2D eigenvalue weighted by Crippen LogP contribution is 2.23. The summed E-state index contributed by atoms with van der Waals surface area (Å²) in [6.07, 6.45) is -4.17. The van der Waals surface area contributed by atoms with Crippen LogP contribution in [-0.2, 0) is 16.4 Å². The summed E-state index contributed by atoms with van der Waals surface area (Å²) in [5.74, 6) is 0. The number of sulfonamides is 1. The van der Waals surface area contributed by atoms with Crippen LogP contribution >= 0.6 is 0 Å². The first-order valence-electron chi connectivity index (χ1n) is 5.37. The van der Waals surface area contributed by atoms with Gasteiger partial charge in [0.05, 0.1) is 4.90 Å². The molecule has 0 fully saturated rings. The fourth-order valence-electron chi connectivity index (χ4n) is 1.53. The number of benzene rings is 1. The molecule has 0 aliphatic heterocycles. The van der Waals surface area contributed by atoms with E-state index < -0.39 is 22.6 Å². The summed E-state index contributed by atoms with van der Waals surface area (Å²) in [6, 6.07) is 5.94. The van der Waals surface area contributed by atoms with Crippen LogP contribution in [0, 0.1) is 0 Å². The summed E-state index contributed by atoms with van der Waals surface area (Å²) in [5, 5.41) is 4.96. The Labute approximate surface area is 104 Å². The Balaban J connectivity index is 2.54. The van der Waals surface area contributed by atoms with Crippen LogP contribution in [0.5, 0.6) is 0 Å². The molecule has 0 bridgehead atoms. The summed E-state index contributed by atoms with van der Waals surface area (Å²) < 4.78 is 57.9. The Bertz CT molecular complexity index is 497. The van der Waals surface area contributed by atoms with Crippen molar-refractivity contribution in [2.24, 2.45) is 5.14 Å². The molecule has 0 saturated carbocycles. The number of rotatable bonds is 5. The van der Waals surface area contributed by atoms with Gasteiger partial charge in [-0.15, -0.1) is 0 Å². The molecule has 0 radical (unpaired) electrons. The molecule has 0 atom stereocenters. The second kappa shape index (κ2) is 5.71. The number of alkyl halides is 3. The van der Waals surface area contributed by atoms with Gasteiger partial charge in [0.25, 0.3) is 0 Å². The van der Waals surface area contributed by atoms with Crippen LogP contribution in [0.2, 0.25) is 0 Å². The molecule has 0 saturated heterocycles. The molecule has 2 N–H and O–H groups in total. The van der Waals surface area contributed by atoms with Gasteiger partial charge in [-0.25, -0.2) is 13.6 Å². The van der Waals surface area contributed by atoms with E-state index in [1.165, 1.54) is 18.2 Å². The van der Waals surface area contributed by atoms with Crippen LogP contribution in [0.25, 0.3) is 0 Å². The van der Waals surface area contributed by atoms with Gasteiger partial charge in [0, 0.05) is 6.42 Å². The van der Waals surface area contributed by atoms with Crippen LogP contribution in [-0.4, -0.2) is 14.6 Å². The standard InChI is InChI=1S/C11H14F3NO2S/c12-11(13,14)7-2-1-4-9-5-3-6-10(8-9)18(15,16)17/h3,5-6,8H,1-2,4,7H2,(H2,15,16,17). The van der Waals surface area contributed by atoms with Crippen molar-refractivity contribution in [2.75, 3.05) is 0 Å². The average molecular weight is 281 g/mol. The monoisotopic (exact) mass is 281 g/mol. The molecule has 1 rings (SSSR count). The second-order valence-electron chi connectivity index (χ2n) is 4.01. The topological polar surface area (TPSA) is 60.2 Å². The summed E-state index contributed by atoms with van der Waals surface area (Å²) in [5.41, 5.74) is 0.670. The van der Waals surface area contributed by atoms with Crippen molar-refractivity contribution in [3.8, 4) is 0 Å². The zero-order chi connectivity index (χ0) is 13.8. The van der Waals surface area contributed by atoms with Gasteiger partial charge in [-0.2, -0.15) is 13.2 Å². The third kappa shape index (κ3) is 5.50. The quantitative estimate of drug-likeness (QED) is 0.843. The molecule has 0 aliphatic carbocycles. The highest BCUT2D eigenvalue weighted by atomic mass is 32.2. The number of aryl methyl sites for hydroxylation is 1. The van der Waals surface area contributed by atoms with E-state index in [2.05, 4.69) is 0 Å². The summed E-state index contributed by atoms with van der Waals surface area (Å²) >= 11 is 0. The van der Waals surface area contributed by atoms with Crippen molar-refractivity contribution in [1.82, 2.24) is 0 Å². The largest absolute Gasteiger partial charge is 0.389 e. The first-order chi connectivity index (χ1) is 8.18. The van der Waals surface area contributed by atoms with Crippen LogP contribution in [0.15, 0.2) is 29.2 Å². The van der Waals surface area contributed by atoms with Gasteiger partial charge in [0.2, 0.25) is 10.0 Å². The van der Waals surface area contributed by atoms with E-state index >= 15 is 0 Å². The van der Waals surface area contributed by atoms with E-state index in [1.54, 1.807) is 6.07 Å². The minimum atomic E-state index is -4.14. The van der Waals surface area contributed by atoms with Crippen molar-refractivity contribution in [2.45, 2.75) is 36.8 Å². The van der Waals surface area contributed by atoms with Crippen LogP contribution in [0.3, 0.4) is 0 Å². The molecular formula is C11H14F3NO2S. The van der Waals surface area contributed by atoms with Crippen molar-refractivity contribution < 1.29 is 21.6 Å². The van der Waals surface area contributed by atoms with Crippen molar-refractivity contribution >= 4 is 10.0 Å². The molecule has 0 aromatic heterocycles. The lowest BCUT2D eigenvalue weighted by Crippen LogP contribution is -2.12. The van der Waals surface area contributed by atoms with Gasteiger partial charge in [0.15, 0.2) is 0 Å². The van der Waals surface area contributed by atoms with Crippen molar-refractivity contribution in [1.29, 1.82) is 0 Å². The number of halogens is 3. The van der Waals surface area contributed by atoms with Crippen molar-refractivity contribution in [3.63, 3.8) is 0 Å². The molecule has 0 heterocycles. The zero-order valence-electron chi connectivity index (χ0n) is 9.57. The van der Waals surface area contributed by atoms with Crippen molar-refractivity contribution in [3.05, 3.63) is 29.8 Å². The summed E-state index contributed by atoms with van der Waals surface area (Å²) in [6.45, 7) is 0. The Morgan fingerprint density at radius 2 is 1.83 bits per heavy atom. The molecule has 0 amide bonds. The third-order valence-corrected chi connectivity index (χ3v) is 3.31. The van der Waals surface area contributed by atoms with Gasteiger partial charge in [-0.1, -0.05) is 12.1 Å². The predicted octanol–water partition coefficient (Wildman–Crippen LogP) is 2.61. The van der Waals surface area contributed by atoms with E-state index in [-0.39, 0.29) is 11.3 Å². The first kappa shape index (κ1) is 15.0. The second-order valence-corrected chi connectivity index (χ2v) is 5.58. The average Bonchev–Trinajstić information content (AvgIpc) is 2.22. The molecule has 3 nitrogen and oxygen atoms in total. The minimum absolute atomic E-state index is 0.0178. The Morgan fingerprint density at radius 1 is 1.17 bits per heavy atom. The zero-order valence-corrected chi connectivity index (χ0v) is 10.4. The van der Waals surface area contributed by atoms with E-state index in [9.17, 15) is 21.6 Å². The fourth-order valence-corrected chi connectivity index (χ4v) is 2.12. The highest BCUT2D eigenvalue weighted by molar-refractivity contribution is 7.89. The third-order valence-electron chi connectivity index (χ3n) is 2.40. The molecule has 1 aromatic carbocycles. The molecule has 0 aliphatic rings. The maximum absolute atomic E-state index is 11.9. The van der Waals surface area contributed by atoms with Crippen LogP contribution < -0.4 is 5.14 Å². The molecule has 0 spiro atoms. The maximum Gasteiger partial charge on any atom is 0.389 e. The lowest BCUT2D eigenvalue weighted by molar-refractivity contribution is -0.135. The highest BCUT2D eigenvalue weighted by Gasteiger charge is 2.25. The van der Waals surface area contributed by atoms with E-state index in [0.29, 0.717) is 18.4 Å². The fraction of sp³-hybridized carbons (Fsp3) is 0.455. The molecule has 1 aromatic rings. The predicted molar refractivity (Wildman–Crippen MR) is 61.4 cm³/mol. The van der Waals surface area contributed by atoms with Crippen LogP contribution in [0.4, 0.5) is 13.2 Å². The minimum Gasteiger partial charge on any atom is -0.225 e. The normalized spacial score (nSPS) is 12.7. The molecule has 7 heteroatoms. The number of hydrogen-bond donors (Lipinski definition) is 1. The number of primary sulfonamides is 1. The molecule has 0 unspecified atom stereocenters. The van der Waals surface area contributed by atoms with Gasteiger partial charge < -0.3 is 0 Å².